The minimum atomic E-state index is -0.709. The normalized spacial score (nSPS) is 10.1. The Kier molecular flexibility index (Phi) is 6.19. The molecule has 0 bridgehead atoms. The van der Waals surface area contributed by atoms with Gasteiger partial charge in [0.25, 0.3) is 5.91 Å². The first-order valence-corrected chi connectivity index (χ1v) is 6.41. The van der Waals surface area contributed by atoms with E-state index in [1.165, 1.54) is 18.3 Å². The first-order valence-electron chi connectivity index (χ1n) is 6.04. The molecule has 8 nitrogen and oxygen atoms in total. The average Bonchev–Trinajstić information content (AvgIpc) is 2.49. The van der Waals surface area contributed by atoms with Crippen molar-refractivity contribution in [1.82, 2.24) is 5.43 Å². The molecule has 9 heteroatoms. The van der Waals surface area contributed by atoms with Crippen LogP contribution in [-0.4, -0.2) is 27.6 Å². The maximum absolute atomic E-state index is 11.8. The van der Waals surface area contributed by atoms with Gasteiger partial charge < -0.3 is 10.6 Å². The topological polar surface area (TPSA) is 136 Å². The lowest BCUT2D eigenvalue weighted by molar-refractivity contribution is -0.385. The van der Waals surface area contributed by atoms with Crippen molar-refractivity contribution in [3.8, 4) is 5.75 Å². The van der Waals surface area contributed by atoms with E-state index in [0.717, 1.165) is 6.07 Å². The van der Waals surface area contributed by atoms with E-state index in [-0.39, 0.29) is 5.48 Å². The van der Waals surface area contributed by atoms with Gasteiger partial charge in [0.05, 0.1) is 11.1 Å². The lowest BCUT2D eigenvalue weighted by Gasteiger charge is -2.00. The van der Waals surface area contributed by atoms with Crippen LogP contribution in [0, 0.1) is 10.1 Å². The second kappa shape index (κ2) is 7.87. The Morgan fingerprint density at radius 2 is 1.91 bits per heavy atom. The van der Waals surface area contributed by atoms with E-state index in [2.05, 4.69) is 10.5 Å². The molecule has 1 amide bonds. The Balaban J connectivity index is 0.00000264. The molecule has 0 spiro atoms. The molecule has 0 aliphatic heterocycles. The number of halogens is 1. The Morgan fingerprint density at radius 3 is 2.52 bits per heavy atom. The molecule has 0 radical (unpaired) electrons. The van der Waals surface area contributed by atoms with E-state index in [4.69, 9.17) is 11.6 Å². The van der Waals surface area contributed by atoms with Crippen molar-refractivity contribution < 1.29 is 20.3 Å². The van der Waals surface area contributed by atoms with Crippen molar-refractivity contribution in [2.75, 3.05) is 0 Å². The Bertz CT molecular complexity index is 747. The van der Waals surface area contributed by atoms with Crippen LogP contribution in [0.3, 0.4) is 0 Å². The molecule has 2 aromatic carbocycles. The monoisotopic (exact) mass is 337 g/mol. The summed E-state index contributed by atoms with van der Waals surface area (Å²) in [4.78, 5) is 21.7. The quantitative estimate of drug-likeness (QED) is 0.500. The van der Waals surface area contributed by atoms with Gasteiger partial charge in [0, 0.05) is 22.2 Å². The summed E-state index contributed by atoms with van der Waals surface area (Å²) in [7, 11) is 0. The molecule has 0 saturated heterocycles. The SMILES string of the molecule is O.O=C(NN=Cc1ccc(O)c([N+](=O)[O-])c1)c1ccc(Cl)cc1. The van der Waals surface area contributed by atoms with E-state index >= 15 is 0 Å². The zero-order valence-electron chi connectivity index (χ0n) is 11.6. The summed E-state index contributed by atoms with van der Waals surface area (Å²) >= 11 is 5.72. The summed E-state index contributed by atoms with van der Waals surface area (Å²) in [5.41, 5.74) is 2.58. The van der Waals surface area contributed by atoms with Gasteiger partial charge in [-0.3, -0.25) is 14.9 Å². The van der Waals surface area contributed by atoms with Gasteiger partial charge in [0.15, 0.2) is 5.75 Å². The molecule has 4 N–H and O–H groups in total. The molecule has 0 unspecified atom stereocenters. The van der Waals surface area contributed by atoms with Crippen LogP contribution in [0.15, 0.2) is 47.6 Å². The number of carbonyl (C=O) groups excluding carboxylic acids is 1. The van der Waals surface area contributed by atoms with Crippen molar-refractivity contribution in [2.45, 2.75) is 0 Å². The van der Waals surface area contributed by atoms with Crippen molar-refractivity contribution in [2.24, 2.45) is 5.10 Å². The number of phenols is 1. The van der Waals surface area contributed by atoms with E-state index in [9.17, 15) is 20.0 Å². The number of benzene rings is 2. The molecule has 0 heterocycles. The number of aromatic hydroxyl groups is 1. The molecule has 0 aliphatic rings. The van der Waals surface area contributed by atoms with E-state index in [1.807, 2.05) is 0 Å². The Morgan fingerprint density at radius 1 is 1.26 bits per heavy atom. The smallest absolute Gasteiger partial charge is 0.311 e. The summed E-state index contributed by atoms with van der Waals surface area (Å²) in [6.45, 7) is 0. The fourth-order valence-corrected chi connectivity index (χ4v) is 1.72. The standard InChI is InChI=1S/C14H10ClN3O4.H2O/c15-11-4-2-10(3-5-11)14(20)17-16-8-9-1-6-13(19)12(7-9)18(21)22;/h1-8,19H,(H,17,20);1H2. The second-order valence-corrected chi connectivity index (χ2v) is 4.65. The zero-order valence-corrected chi connectivity index (χ0v) is 12.3. The third-order valence-corrected chi connectivity index (χ3v) is 2.93. The van der Waals surface area contributed by atoms with Gasteiger partial charge in [-0.2, -0.15) is 5.10 Å². The molecule has 0 saturated carbocycles. The highest BCUT2D eigenvalue weighted by Gasteiger charge is 2.12. The molecule has 23 heavy (non-hydrogen) atoms. The fourth-order valence-electron chi connectivity index (χ4n) is 1.60. The number of hydrazone groups is 1. The van der Waals surface area contributed by atoms with Crippen LogP contribution in [-0.2, 0) is 0 Å². The number of hydrogen-bond donors (Lipinski definition) is 2. The fraction of sp³-hybridized carbons (Fsp3) is 0. The highest BCUT2D eigenvalue weighted by Crippen LogP contribution is 2.25. The van der Waals surface area contributed by atoms with Crippen LogP contribution in [0.5, 0.6) is 5.75 Å². The number of carbonyl (C=O) groups is 1. The number of nitro benzene ring substituents is 1. The summed E-state index contributed by atoms with van der Waals surface area (Å²) in [6, 6.07) is 9.98. The number of nitrogens with one attached hydrogen (secondary N) is 1. The molecular formula is C14H12ClN3O5. The molecule has 2 rings (SSSR count). The summed E-state index contributed by atoms with van der Waals surface area (Å²) in [5, 5.41) is 24.2. The summed E-state index contributed by atoms with van der Waals surface area (Å²) < 4.78 is 0. The van der Waals surface area contributed by atoms with Crippen molar-refractivity contribution >= 4 is 29.4 Å². The van der Waals surface area contributed by atoms with Crippen molar-refractivity contribution in [3.05, 3.63) is 68.7 Å². The van der Waals surface area contributed by atoms with E-state index in [0.29, 0.717) is 16.1 Å². The zero-order chi connectivity index (χ0) is 16.1. The average molecular weight is 338 g/mol. The summed E-state index contributed by atoms with van der Waals surface area (Å²) in [5.74, 6) is -0.881. The lowest BCUT2D eigenvalue weighted by atomic mass is 10.2. The van der Waals surface area contributed by atoms with E-state index in [1.54, 1.807) is 24.3 Å². The van der Waals surface area contributed by atoms with Crippen LogP contribution in [0.1, 0.15) is 15.9 Å². The molecule has 0 aliphatic carbocycles. The highest BCUT2D eigenvalue weighted by molar-refractivity contribution is 6.30. The van der Waals surface area contributed by atoms with Crippen LogP contribution < -0.4 is 5.43 Å². The van der Waals surface area contributed by atoms with Gasteiger partial charge in [-0.15, -0.1) is 0 Å². The Labute approximate surface area is 135 Å². The molecule has 120 valence electrons. The van der Waals surface area contributed by atoms with Gasteiger partial charge in [-0.1, -0.05) is 11.6 Å². The highest BCUT2D eigenvalue weighted by atomic mass is 35.5. The number of amides is 1. The number of nitro groups is 1. The van der Waals surface area contributed by atoms with Gasteiger partial charge in [0.1, 0.15) is 0 Å². The van der Waals surface area contributed by atoms with Crippen LogP contribution >= 0.6 is 11.6 Å². The maximum Gasteiger partial charge on any atom is 0.311 e. The first-order chi connectivity index (χ1) is 10.5. The lowest BCUT2D eigenvalue weighted by Crippen LogP contribution is -2.17. The number of hydrogen-bond acceptors (Lipinski definition) is 5. The maximum atomic E-state index is 11.8. The van der Waals surface area contributed by atoms with Crippen molar-refractivity contribution in [1.29, 1.82) is 0 Å². The second-order valence-electron chi connectivity index (χ2n) is 4.21. The number of nitrogens with zero attached hydrogens (tertiary/aromatic N) is 2. The minimum Gasteiger partial charge on any atom is -0.502 e. The van der Waals surface area contributed by atoms with Crippen molar-refractivity contribution in [3.63, 3.8) is 0 Å². The number of rotatable bonds is 4. The number of phenolic OH excluding ortho intramolecular Hbond substituents is 1. The molecule has 0 aromatic heterocycles. The minimum absolute atomic E-state index is 0. The molecule has 0 atom stereocenters. The van der Waals surface area contributed by atoms with Gasteiger partial charge in [-0.05, 0) is 36.4 Å². The molecular weight excluding hydrogens is 326 g/mol. The van der Waals surface area contributed by atoms with Gasteiger partial charge in [0.2, 0.25) is 0 Å². The predicted octanol–water partition coefficient (Wildman–Crippen LogP) is 1.89. The molecule has 2 aromatic rings. The van der Waals surface area contributed by atoms with Crippen LogP contribution in [0.2, 0.25) is 5.02 Å². The third-order valence-electron chi connectivity index (χ3n) is 2.68. The predicted molar refractivity (Wildman–Crippen MR) is 84.9 cm³/mol. The summed E-state index contributed by atoms with van der Waals surface area (Å²) in [6.07, 6.45) is 1.24. The van der Waals surface area contributed by atoms with Crippen LogP contribution in [0.25, 0.3) is 0 Å². The van der Waals surface area contributed by atoms with Crippen LogP contribution in [0.4, 0.5) is 5.69 Å². The van der Waals surface area contributed by atoms with Gasteiger partial charge in [-0.25, -0.2) is 5.43 Å². The Hall–Kier alpha value is -2.97. The largest absolute Gasteiger partial charge is 0.502 e. The van der Waals surface area contributed by atoms with Gasteiger partial charge >= 0.3 is 5.69 Å². The van der Waals surface area contributed by atoms with E-state index < -0.39 is 22.3 Å². The molecule has 0 fully saturated rings. The first kappa shape index (κ1) is 18.1. The third kappa shape index (κ3) is 4.77.